The van der Waals surface area contributed by atoms with Crippen LogP contribution in [0.3, 0.4) is 0 Å². The number of nitrogens with two attached hydrogens (primary N) is 1. The molecule has 0 saturated carbocycles. The third-order valence-electron chi connectivity index (χ3n) is 3.76. The maximum absolute atomic E-state index is 6.40. The minimum Gasteiger partial charge on any atom is -0.361 e. The van der Waals surface area contributed by atoms with E-state index in [-0.39, 0.29) is 6.04 Å². The summed E-state index contributed by atoms with van der Waals surface area (Å²) >= 11 is 0. The Kier molecular flexibility index (Phi) is 2.87. The Bertz CT molecular complexity index is 497. The largest absolute Gasteiger partial charge is 0.361 e. The third kappa shape index (κ3) is 1.96. The predicted molar refractivity (Wildman–Crippen MR) is 70.9 cm³/mol. The van der Waals surface area contributed by atoms with Crippen LogP contribution in [0.4, 0.5) is 0 Å². The van der Waals surface area contributed by atoms with Crippen LogP contribution in [0.2, 0.25) is 0 Å². The molecule has 90 valence electrons. The van der Waals surface area contributed by atoms with E-state index in [1.165, 1.54) is 35.7 Å². The van der Waals surface area contributed by atoms with Gasteiger partial charge < -0.3 is 16.0 Å². The lowest BCUT2D eigenvalue weighted by atomic mass is 9.93. The number of piperidine rings is 1. The summed E-state index contributed by atoms with van der Waals surface area (Å²) in [6.45, 7) is 1.10. The van der Waals surface area contributed by atoms with Crippen LogP contribution < -0.4 is 11.1 Å². The average molecular weight is 229 g/mol. The minimum atomic E-state index is 0.0893. The maximum atomic E-state index is 6.40. The summed E-state index contributed by atoms with van der Waals surface area (Å²) in [5.74, 6) is 0. The summed E-state index contributed by atoms with van der Waals surface area (Å²) in [5.41, 5.74) is 8.81. The van der Waals surface area contributed by atoms with Gasteiger partial charge in [0.1, 0.15) is 0 Å². The summed E-state index contributed by atoms with van der Waals surface area (Å²) in [5, 5.41) is 4.79. The molecule has 2 atom stereocenters. The zero-order valence-electron chi connectivity index (χ0n) is 9.95. The molecular formula is C14H19N3. The predicted octanol–water partition coefficient (Wildman–Crippen LogP) is 2.31. The number of rotatable bonds is 2. The zero-order chi connectivity index (χ0) is 11.7. The molecule has 3 nitrogen and oxygen atoms in total. The van der Waals surface area contributed by atoms with Gasteiger partial charge in [-0.3, -0.25) is 0 Å². The van der Waals surface area contributed by atoms with E-state index in [2.05, 4.69) is 34.7 Å². The third-order valence-corrected chi connectivity index (χ3v) is 3.76. The monoisotopic (exact) mass is 229 g/mol. The Hall–Kier alpha value is -1.32. The molecule has 17 heavy (non-hydrogen) atoms. The highest BCUT2D eigenvalue weighted by atomic mass is 15.0. The number of hydrogen-bond acceptors (Lipinski definition) is 2. The zero-order valence-corrected chi connectivity index (χ0v) is 9.95. The molecule has 3 heteroatoms. The Morgan fingerprint density at radius 1 is 1.24 bits per heavy atom. The summed E-state index contributed by atoms with van der Waals surface area (Å²) in [4.78, 5) is 3.30. The van der Waals surface area contributed by atoms with E-state index in [9.17, 15) is 0 Å². The number of H-pyrrole nitrogens is 1. The summed E-state index contributed by atoms with van der Waals surface area (Å²) < 4.78 is 0. The molecule has 0 aliphatic carbocycles. The van der Waals surface area contributed by atoms with Gasteiger partial charge >= 0.3 is 0 Å². The summed E-state index contributed by atoms with van der Waals surface area (Å²) in [7, 11) is 0. The van der Waals surface area contributed by atoms with E-state index >= 15 is 0 Å². The van der Waals surface area contributed by atoms with E-state index in [1.807, 2.05) is 6.07 Å². The number of aromatic amines is 1. The van der Waals surface area contributed by atoms with Crippen molar-refractivity contribution in [2.24, 2.45) is 5.73 Å². The Labute approximate surface area is 101 Å². The Morgan fingerprint density at radius 3 is 2.94 bits per heavy atom. The first-order chi connectivity index (χ1) is 8.36. The van der Waals surface area contributed by atoms with E-state index in [0.717, 1.165) is 6.54 Å². The standard InChI is InChI=1S/C14H19N3/c15-14(13-7-3-4-8-16-13)11-9-17-12-6-2-1-5-10(11)12/h1-2,5-6,9,13-14,16-17H,3-4,7-8,15H2. The van der Waals surface area contributed by atoms with Crippen LogP contribution in [-0.4, -0.2) is 17.6 Å². The van der Waals surface area contributed by atoms with Crippen molar-refractivity contribution in [1.82, 2.24) is 10.3 Å². The van der Waals surface area contributed by atoms with Gasteiger partial charge in [-0.15, -0.1) is 0 Å². The molecule has 3 rings (SSSR count). The fraction of sp³-hybridized carbons (Fsp3) is 0.429. The van der Waals surface area contributed by atoms with Gasteiger partial charge in [-0.2, -0.15) is 0 Å². The van der Waals surface area contributed by atoms with Crippen molar-refractivity contribution in [1.29, 1.82) is 0 Å². The minimum absolute atomic E-state index is 0.0893. The smallest absolute Gasteiger partial charge is 0.0472 e. The molecule has 1 aliphatic rings. The molecule has 1 saturated heterocycles. The van der Waals surface area contributed by atoms with Crippen LogP contribution in [0.25, 0.3) is 10.9 Å². The summed E-state index contributed by atoms with van der Waals surface area (Å²) in [6.07, 6.45) is 5.80. The first-order valence-corrected chi connectivity index (χ1v) is 6.41. The van der Waals surface area contributed by atoms with Crippen molar-refractivity contribution in [3.63, 3.8) is 0 Å². The molecule has 0 spiro atoms. The van der Waals surface area contributed by atoms with Crippen LogP contribution in [0.1, 0.15) is 30.9 Å². The summed E-state index contributed by atoms with van der Waals surface area (Å²) in [6, 6.07) is 8.87. The van der Waals surface area contributed by atoms with Gasteiger partial charge in [-0.25, -0.2) is 0 Å². The van der Waals surface area contributed by atoms with Gasteiger partial charge in [-0.05, 0) is 31.0 Å². The molecule has 0 bridgehead atoms. The van der Waals surface area contributed by atoms with E-state index in [1.54, 1.807) is 0 Å². The van der Waals surface area contributed by atoms with Crippen molar-refractivity contribution < 1.29 is 0 Å². The van der Waals surface area contributed by atoms with Crippen molar-refractivity contribution in [2.75, 3.05) is 6.54 Å². The molecule has 4 N–H and O–H groups in total. The number of para-hydroxylation sites is 1. The average Bonchev–Trinajstić information content (AvgIpc) is 2.83. The lowest BCUT2D eigenvalue weighted by Gasteiger charge is -2.28. The first kappa shape index (κ1) is 10.8. The molecular weight excluding hydrogens is 210 g/mol. The Morgan fingerprint density at radius 2 is 2.12 bits per heavy atom. The van der Waals surface area contributed by atoms with Crippen LogP contribution in [0, 0.1) is 0 Å². The molecule has 0 amide bonds. The second-order valence-electron chi connectivity index (χ2n) is 4.87. The lowest BCUT2D eigenvalue weighted by Crippen LogP contribution is -2.42. The molecule has 1 aromatic carbocycles. The molecule has 1 fully saturated rings. The van der Waals surface area contributed by atoms with Crippen LogP contribution in [-0.2, 0) is 0 Å². The van der Waals surface area contributed by atoms with Crippen LogP contribution in [0.15, 0.2) is 30.5 Å². The number of benzene rings is 1. The highest BCUT2D eigenvalue weighted by Gasteiger charge is 2.23. The quantitative estimate of drug-likeness (QED) is 0.740. The number of hydrogen-bond donors (Lipinski definition) is 3. The van der Waals surface area contributed by atoms with Crippen molar-refractivity contribution in [3.8, 4) is 0 Å². The highest BCUT2D eigenvalue weighted by Crippen LogP contribution is 2.27. The highest BCUT2D eigenvalue weighted by molar-refractivity contribution is 5.83. The van der Waals surface area contributed by atoms with Crippen molar-refractivity contribution in [3.05, 3.63) is 36.0 Å². The first-order valence-electron chi connectivity index (χ1n) is 6.41. The lowest BCUT2D eigenvalue weighted by molar-refractivity contribution is 0.355. The second-order valence-corrected chi connectivity index (χ2v) is 4.87. The van der Waals surface area contributed by atoms with Crippen LogP contribution in [0.5, 0.6) is 0 Å². The molecule has 2 heterocycles. The van der Waals surface area contributed by atoms with Gasteiger partial charge in [0, 0.05) is 29.2 Å². The topological polar surface area (TPSA) is 53.8 Å². The van der Waals surface area contributed by atoms with Gasteiger partial charge in [0.15, 0.2) is 0 Å². The number of aromatic nitrogens is 1. The molecule has 1 aliphatic heterocycles. The van der Waals surface area contributed by atoms with E-state index < -0.39 is 0 Å². The van der Waals surface area contributed by atoms with E-state index in [0.29, 0.717) is 6.04 Å². The second kappa shape index (κ2) is 4.51. The fourth-order valence-electron chi connectivity index (χ4n) is 2.77. The van der Waals surface area contributed by atoms with Gasteiger partial charge in [0.25, 0.3) is 0 Å². The van der Waals surface area contributed by atoms with Crippen LogP contribution >= 0.6 is 0 Å². The molecule has 2 unspecified atom stereocenters. The molecule has 1 aromatic heterocycles. The van der Waals surface area contributed by atoms with Crippen molar-refractivity contribution in [2.45, 2.75) is 31.3 Å². The van der Waals surface area contributed by atoms with Gasteiger partial charge in [-0.1, -0.05) is 24.6 Å². The van der Waals surface area contributed by atoms with Gasteiger partial charge in [0.2, 0.25) is 0 Å². The normalized spacial score (nSPS) is 22.8. The number of nitrogens with one attached hydrogen (secondary N) is 2. The fourth-order valence-corrected chi connectivity index (χ4v) is 2.77. The van der Waals surface area contributed by atoms with Crippen molar-refractivity contribution >= 4 is 10.9 Å². The maximum Gasteiger partial charge on any atom is 0.0472 e. The van der Waals surface area contributed by atoms with Gasteiger partial charge in [0.05, 0.1) is 0 Å². The Balaban J connectivity index is 1.92. The van der Waals surface area contributed by atoms with E-state index in [4.69, 9.17) is 5.73 Å². The number of fused-ring (bicyclic) bond motifs is 1. The molecule has 2 aromatic rings. The SMILES string of the molecule is NC(c1c[nH]c2ccccc12)C1CCCCN1. The molecule has 0 radical (unpaired) electrons.